The lowest BCUT2D eigenvalue weighted by molar-refractivity contribution is -0.142. The number of nitrogens with one attached hydrogen (secondary N) is 3. The maximum Gasteiger partial charge on any atom is 0.327 e. The summed E-state index contributed by atoms with van der Waals surface area (Å²) >= 11 is 3.94. The van der Waals surface area contributed by atoms with E-state index >= 15 is 0 Å². The molecular formula is C20H39N5O5S. The zero-order chi connectivity index (χ0) is 24.1. The van der Waals surface area contributed by atoms with Crippen LogP contribution in [0.4, 0.5) is 0 Å². The number of carbonyl (C=O) groups excluding carboxylic acids is 3. The molecule has 180 valence electrons. The fourth-order valence-corrected chi connectivity index (χ4v) is 3.07. The second-order valence-electron chi connectivity index (χ2n) is 8.08. The molecule has 0 rings (SSSR count). The molecule has 0 aliphatic carbocycles. The molecule has 11 heteroatoms. The Kier molecular flexibility index (Phi) is 14.1. The molecule has 0 aromatic carbocycles. The van der Waals surface area contributed by atoms with Crippen LogP contribution in [0.15, 0.2) is 0 Å². The van der Waals surface area contributed by atoms with Gasteiger partial charge in [-0.25, -0.2) is 4.79 Å². The lowest BCUT2D eigenvalue weighted by atomic mass is 9.96. The minimum absolute atomic E-state index is 0.0883. The van der Waals surface area contributed by atoms with Crippen LogP contribution in [0.2, 0.25) is 0 Å². The first-order valence-corrected chi connectivity index (χ1v) is 11.3. The summed E-state index contributed by atoms with van der Waals surface area (Å²) in [5.74, 6) is -3.42. The molecule has 3 amide bonds. The van der Waals surface area contributed by atoms with E-state index in [-0.39, 0.29) is 17.6 Å². The number of hydrogen-bond donors (Lipinski definition) is 7. The van der Waals surface area contributed by atoms with Gasteiger partial charge in [-0.2, -0.15) is 12.6 Å². The Morgan fingerprint density at radius 1 is 0.935 bits per heavy atom. The third kappa shape index (κ3) is 10.3. The van der Waals surface area contributed by atoms with Crippen LogP contribution in [0, 0.1) is 11.8 Å². The molecule has 0 aromatic rings. The first kappa shape index (κ1) is 29.1. The van der Waals surface area contributed by atoms with Crippen molar-refractivity contribution in [1.29, 1.82) is 0 Å². The highest BCUT2D eigenvalue weighted by Gasteiger charge is 2.33. The number of nitrogens with two attached hydrogens (primary N) is 2. The molecule has 0 heterocycles. The summed E-state index contributed by atoms with van der Waals surface area (Å²) in [5.41, 5.74) is 11.4. The monoisotopic (exact) mass is 461 g/mol. The van der Waals surface area contributed by atoms with Crippen molar-refractivity contribution in [3.8, 4) is 0 Å². The summed E-state index contributed by atoms with van der Waals surface area (Å²) in [4.78, 5) is 49.2. The average Bonchev–Trinajstić information content (AvgIpc) is 2.72. The Hall–Kier alpha value is -1.85. The SMILES string of the molecule is CCC(C)C(NC(=O)C(NC(=O)C(N)CCCCN)C(C)C)C(=O)NC(CS)C(=O)O. The number of rotatable bonds is 15. The molecule has 0 aromatic heterocycles. The van der Waals surface area contributed by atoms with Crippen LogP contribution in [0.1, 0.15) is 53.4 Å². The fraction of sp³-hybridized carbons (Fsp3) is 0.800. The topological polar surface area (TPSA) is 177 Å². The Morgan fingerprint density at radius 2 is 1.48 bits per heavy atom. The molecular weight excluding hydrogens is 422 g/mol. The molecule has 0 fully saturated rings. The van der Waals surface area contributed by atoms with Gasteiger partial charge in [0.05, 0.1) is 6.04 Å². The van der Waals surface area contributed by atoms with Crippen LogP contribution in [0.5, 0.6) is 0 Å². The van der Waals surface area contributed by atoms with Gasteiger partial charge in [-0.15, -0.1) is 0 Å². The largest absolute Gasteiger partial charge is 0.480 e. The molecule has 0 aliphatic heterocycles. The fourth-order valence-electron chi connectivity index (χ4n) is 2.83. The van der Waals surface area contributed by atoms with Gasteiger partial charge in [0.25, 0.3) is 0 Å². The Balaban J connectivity index is 5.29. The van der Waals surface area contributed by atoms with E-state index in [2.05, 4.69) is 28.6 Å². The molecule has 10 nitrogen and oxygen atoms in total. The Bertz CT molecular complexity index is 605. The van der Waals surface area contributed by atoms with Gasteiger partial charge < -0.3 is 32.5 Å². The zero-order valence-corrected chi connectivity index (χ0v) is 19.8. The van der Waals surface area contributed by atoms with Gasteiger partial charge in [-0.3, -0.25) is 14.4 Å². The van der Waals surface area contributed by atoms with Crippen molar-refractivity contribution < 1.29 is 24.3 Å². The number of unbranched alkanes of at least 4 members (excludes halogenated alkanes) is 1. The van der Waals surface area contributed by atoms with Crippen molar-refractivity contribution in [2.24, 2.45) is 23.3 Å². The van der Waals surface area contributed by atoms with Gasteiger partial charge in [0.2, 0.25) is 17.7 Å². The Morgan fingerprint density at radius 3 is 1.94 bits per heavy atom. The lowest BCUT2D eigenvalue weighted by Gasteiger charge is -2.29. The lowest BCUT2D eigenvalue weighted by Crippen LogP contribution is -2.60. The molecule has 0 bridgehead atoms. The molecule has 8 N–H and O–H groups in total. The number of carbonyl (C=O) groups is 4. The summed E-state index contributed by atoms with van der Waals surface area (Å²) in [6.45, 7) is 7.68. The normalized spacial score (nSPS) is 16.0. The number of amides is 3. The maximum absolute atomic E-state index is 12.9. The second kappa shape index (κ2) is 15.0. The van der Waals surface area contributed by atoms with Crippen molar-refractivity contribution in [2.75, 3.05) is 12.3 Å². The predicted molar refractivity (Wildman–Crippen MR) is 122 cm³/mol. The first-order valence-electron chi connectivity index (χ1n) is 10.7. The van der Waals surface area contributed by atoms with Crippen molar-refractivity contribution in [3.63, 3.8) is 0 Å². The molecule has 0 saturated carbocycles. The molecule has 5 unspecified atom stereocenters. The van der Waals surface area contributed by atoms with Crippen molar-refractivity contribution in [3.05, 3.63) is 0 Å². The van der Waals surface area contributed by atoms with Crippen molar-refractivity contribution in [1.82, 2.24) is 16.0 Å². The minimum Gasteiger partial charge on any atom is -0.480 e. The summed E-state index contributed by atoms with van der Waals surface area (Å²) in [6.07, 6.45) is 2.48. The summed E-state index contributed by atoms with van der Waals surface area (Å²) in [6, 6.07) is -3.80. The van der Waals surface area contributed by atoms with Gasteiger partial charge in [-0.05, 0) is 31.2 Å². The van der Waals surface area contributed by atoms with E-state index in [4.69, 9.17) is 16.6 Å². The highest BCUT2D eigenvalue weighted by atomic mass is 32.1. The minimum atomic E-state index is -1.21. The van der Waals surface area contributed by atoms with Gasteiger partial charge in [-0.1, -0.05) is 40.5 Å². The number of thiol groups is 1. The van der Waals surface area contributed by atoms with Crippen LogP contribution in [0.3, 0.4) is 0 Å². The number of hydrogen-bond acceptors (Lipinski definition) is 7. The second-order valence-corrected chi connectivity index (χ2v) is 8.44. The molecule has 31 heavy (non-hydrogen) atoms. The predicted octanol–water partition coefficient (Wildman–Crippen LogP) is -0.386. The van der Waals surface area contributed by atoms with Crippen molar-refractivity contribution >= 4 is 36.3 Å². The number of carboxylic acids is 1. The average molecular weight is 462 g/mol. The maximum atomic E-state index is 12.9. The van der Waals surface area contributed by atoms with Gasteiger partial charge >= 0.3 is 5.97 Å². The summed E-state index contributed by atoms with van der Waals surface area (Å²) in [7, 11) is 0. The van der Waals surface area contributed by atoms with E-state index in [1.54, 1.807) is 20.8 Å². The van der Waals surface area contributed by atoms with E-state index in [0.717, 1.165) is 6.42 Å². The van der Waals surface area contributed by atoms with Crippen LogP contribution < -0.4 is 27.4 Å². The van der Waals surface area contributed by atoms with Gasteiger partial charge in [0.1, 0.15) is 18.1 Å². The molecule has 5 atom stereocenters. The number of carboxylic acid groups (broad SMARTS) is 1. The summed E-state index contributed by atoms with van der Waals surface area (Å²) in [5, 5.41) is 16.9. The van der Waals surface area contributed by atoms with Crippen molar-refractivity contribution in [2.45, 2.75) is 77.5 Å². The quantitative estimate of drug-likeness (QED) is 0.128. The van der Waals surface area contributed by atoms with E-state index in [1.165, 1.54) is 0 Å². The van der Waals surface area contributed by atoms with E-state index in [0.29, 0.717) is 25.8 Å². The van der Waals surface area contributed by atoms with Gasteiger partial charge in [0.15, 0.2) is 0 Å². The highest BCUT2D eigenvalue weighted by molar-refractivity contribution is 7.80. The van der Waals surface area contributed by atoms with E-state index in [1.807, 2.05) is 6.92 Å². The first-order chi connectivity index (χ1) is 14.5. The smallest absolute Gasteiger partial charge is 0.327 e. The number of aliphatic carboxylic acids is 1. The van der Waals surface area contributed by atoms with Crippen LogP contribution in [-0.2, 0) is 19.2 Å². The van der Waals surface area contributed by atoms with E-state index in [9.17, 15) is 19.2 Å². The highest BCUT2D eigenvalue weighted by Crippen LogP contribution is 2.11. The zero-order valence-electron chi connectivity index (χ0n) is 18.9. The standard InChI is InChI=1S/C20H39N5O5S/c1-5-12(4)16(19(28)23-14(10-31)20(29)30)25-18(27)15(11(2)3)24-17(26)13(22)8-6-7-9-21/h11-16,31H,5-10,21-22H2,1-4H3,(H,23,28)(H,24,26)(H,25,27)(H,29,30). The van der Waals surface area contributed by atoms with Crippen LogP contribution >= 0.6 is 12.6 Å². The van der Waals surface area contributed by atoms with Crippen LogP contribution in [-0.4, -0.2) is 65.3 Å². The molecule has 0 radical (unpaired) electrons. The summed E-state index contributed by atoms with van der Waals surface area (Å²) < 4.78 is 0. The molecule has 0 spiro atoms. The molecule has 0 aliphatic rings. The third-order valence-electron chi connectivity index (χ3n) is 5.14. The van der Waals surface area contributed by atoms with Gasteiger partial charge in [0, 0.05) is 5.75 Å². The molecule has 0 saturated heterocycles. The van der Waals surface area contributed by atoms with Crippen LogP contribution in [0.25, 0.3) is 0 Å². The van der Waals surface area contributed by atoms with E-state index < -0.39 is 47.9 Å². The third-order valence-corrected chi connectivity index (χ3v) is 5.51. The Labute approximate surface area is 190 Å².